The molecule has 19 heavy (non-hydrogen) atoms. The molecule has 0 saturated heterocycles. The number of benzene rings is 1. The van der Waals surface area contributed by atoms with Crippen LogP contribution in [0.25, 0.3) is 0 Å². The first-order valence-electron chi connectivity index (χ1n) is 6.42. The Morgan fingerprint density at radius 1 is 1.16 bits per heavy atom. The van der Waals surface area contributed by atoms with Crippen LogP contribution in [-0.2, 0) is 6.42 Å². The summed E-state index contributed by atoms with van der Waals surface area (Å²) in [6.45, 7) is 4.74. The topological polar surface area (TPSA) is 12.0 Å². The highest BCUT2D eigenvalue weighted by atomic mass is 32.1. The summed E-state index contributed by atoms with van der Waals surface area (Å²) in [5, 5.41) is 3.22. The average Bonchev–Trinajstić information content (AvgIpc) is 2.88. The summed E-state index contributed by atoms with van der Waals surface area (Å²) in [4.78, 5) is 2.26. The molecule has 1 nitrogen and oxygen atoms in total. The molecule has 1 aromatic carbocycles. The molecule has 0 bridgehead atoms. The fraction of sp³-hybridized carbons (Fsp3) is 0.333. The van der Waals surface area contributed by atoms with Gasteiger partial charge < -0.3 is 5.32 Å². The van der Waals surface area contributed by atoms with Gasteiger partial charge in [0.1, 0.15) is 11.6 Å². The first-order chi connectivity index (χ1) is 9.15. The molecule has 0 saturated carbocycles. The van der Waals surface area contributed by atoms with Crippen molar-refractivity contribution < 1.29 is 8.78 Å². The zero-order valence-corrected chi connectivity index (χ0v) is 11.9. The summed E-state index contributed by atoms with van der Waals surface area (Å²) < 4.78 is 27.3. The predicted octanol–water partition coefficient (Wildman–Crippen LogP) is 4.29. The van der Waals surface area contributed by atoms with E-state index in [4.69, 9.17) is 0 Å². The SMILES string of the molecule is CCNC(c1ccc(CC)s1)c1cc(F)ccc1F. The quantitative estimate of drug-likeness (QED) is 0.862. The van der Waals surface area contributed by atoms with Crippen LogP contribution >= 0.6 is 11.3 Å². The molecule has 0 aliphatic heterocycles. The Bertz CT molecular complexity index is 551. The van der Waals surface area contributed by atoms with Gasteiger partial charge in [-0.25, -0.2) is 8.78 Å². The normalized spacial score (nSPS) is 12.6. The Kier molecular flexibility index (Phi) is 4.66. The van der Waals surface area contributed by atoms with Crippen LogP contribution in [0, 0.1) is 11.6 Å². The Hall–Kier alpha value is -1.26. The predicted molar refractivity (Wildman–Crippen MR) is 75.6 cm³/mol. The minimum atomic E-state index is -0.411. The van der Waals surface area contributed by atoms with Gasteiger partial charge in [0, 0.05) is 15.3 Å². The monoisotopic (exact) mass is 281 g/mol. The van der Waals surface area contributed by atoms with Gasteiger partial charge >= 0.3 is 0 Å². The third kappa shape index (κ3) is 3.19. The maximum atomic E-state index is 13.9. The lowest BCUT2D eigenvalue weighted by molar-refractivity contribution is 0.548. The van der Waals surface area contributed by atoms with Crippen molar-refractivity contribution >= 4 is 11.3 Å². The Balaban J connectivity index is 2.41. The lowest BCUT2D eigenvalue weighted by Crippen LogP contribution is -2.22. The van der Waals surface area contributed by atoms with Gasteiger partial charge in [-0.1, -0.05) is 13.8 Å². The van der Waals surface area contributed by atoms with Crippen LogP contribution in [0.2, 0.25) is 0 Å². The molecule has 1 unspecified atom stereocenters. The second-order valence-corrected chi connectivity index (χ2v) is 5.51. The highest BCUT2D eigenvalue weighted by Gasteiger charge is 2.19. The number of rotatable bonds is 5. The van der Waals surface area contributed by atoms with Crippen LogP contribution in [0.5, 0.6) is 0 Å². The highest BCUT2D eigenvalue weighted by molar-refractivity contribution is 7.12. The van der Waals surface area contributed by atoms with Crippen LogP contribution in [0.15, 0.2) is 30.3 Å². The Morgan fingerprint density at radius 3 is 2.58 bits per heavy atom. The summed E-state index contributed by atoms with van der Waals surface area (Å²) in [7, 11) is 0. The number of nitrogens with one attached hydrogen (secondary N) is 1. The van der Waals surface area contributed by atoms with Crippen molar-refractivity contribution in [1.29, 1.82) is 0 Å². The number of hydrogen-bond acceptors (Lipinski definition) is 2. The maximum absolute atomic E-state index is 13.9. The van der Waals surface area contributed by atoms with Gasteiger partial charge in [-0.2, -0.15) is 0 Å². The highest BCUT2D eigenvalue weighted by Crippen LogP contribution is 2.30. The fourth-order valence-corrected chi connectivity index (χ4v) is 3.09. The molecular weight excluding hydrogens is 264 g/mol. The average molecular weight is 281 g/mol. The zero-order valence-electron chi connectivity index (χ0n) is 11.0. The molecule has 1 heterocycles. The molecule has 1 atom stereocenters. The van der Waals surface area contributed by atoms with E-state index in [-0.39, 0.29) is 11.9 Å². The molecule has 2 rings (SSSR count). The smallest absolute Gasteiger partial charge is 0.128 e. The van der Waals surface area contributed by atoms with Gasteiger partial charge in [0.2, 0.25) is 0 Å². The first-order valence-corrected chi connectivity index (χ1v) is 7.24. The van der Waals surface area contributed by atoms with E-state index < -0.39 is 5.82 Å². The second kappa shape index (κ2) is 6.26. The van der Waals surface area contributed by atoms with Crippen LogP contribution < -0.4 is 5.32 Å². The second-order valence-electron chi connectivity index (χ2n) is 4.31. The molecule has 0 fully saturated rings. The molecular formula is C15H17F2NS. The van der Waals surface area contributed by atoms with Crippen LogP contribution in [-0.4, -0.2) is 6.54 Å². The first kappa shape index (κ1) is 14.2. The van der Waals surface area contributed by atoms with Crippen molar-refractivity contribution in [3.05, 3.63) is 57.3 Å². The molecule has 1 aromatic heterocycles. The minimum Gasteiger partial charge on any atom is -0.306 e. The Morgan fingerprint density at radius 2 is 1.95 bits per heavy atom. The number of thiophene rings is 1. The number of halogens is 2. The number of hydrogen-bond donors (Lipinski definition) is 1. The summed E-state index contributed by atoms with van der Waals surface area (Å²) in [6, 6.07) is 7.35. The van der Waals surface area contributed by atoms with Crippen molar-refractivity contribution in [3.63, 3.8) is 0 Å². The standard InChI is InChI=1S/C15H17F2NS/c1-3-11-6-8-14(19-11)15(18-4-2)12-9-10(16)5-7-13(12)17/h5-9,15,18H,3-4H2,1-2H3. The third-order valence-corrected chi connectivity index (χ3v) is 4.29. The Labute approximate surface area is 116 Å². The molecule has 1 N–H and O–H groups in total. The summed E-state index contributed by atoms with van der Waals surface area (Å²) in [5.74, 6) is -0.787. The molecule has 0 aliphatic carbocycles. The fourth-order valence-electron chi connectivity index (χ4n) is 2.04. The molecule has 0 spiro atoms. The van der Waals surface area contributed by atoms with Gasteiger partial charge in [0.25, 0.3) is 0 Å². The van der Waals surface area contributed by atoms with Crippen LogP contribution in [0.1, 0.15) is 35.2 Å². The summed E-state index contributed by atoms with van der Waals surface area (Å²) in [5.41, 5.74) is 0.367. The lowest BCUT2D eigenvalue weighted by atomic mass is 10.0. The molecule has 0 amide bonds. The van der Waals surface area contributed by atoms with Crippen molar-refractivity contribution in [2.45, 2.75) is 26.3 Å². The maximum Gasteiger partial charge on any atom is 0.128 e. The molecule has 4 heteroatoms. The number of aryl methyl sites for hydroxylation is 1. The van der Waals surface area contributed by atoms with Crippen LogP contribution in [0.4, 0.5) is 8.78 Å². The third-order valence-electron chi connectivity index (χ3n) is 2.99. The van der Waals surface area contributed by atoms with E-state index in [1.807, 2.05) is 19.1 Å². The van der Waals surface area contributed by atoms with Gasteiger partial charge in [-0.05, 0) is 43.3 Å². The van der Waals surface area contributed by atoms with E-state index in [9.17, 15) is 8.78 Å². The van der Waals surface area contributed by atoms with E-state index >= 15 is 0 Å². The van der Waals surface area contributed by atoms with Crippen LogP contribution in [0.3, 0.4) is 0 Å². The molecule has 2 aromatic rings. The van der Waals surface area contributed by atoms with Crippen molar-refractivity contribution in [2.24, 2.45) is 0 Å². The summed E-state index contributed by atoms with van der Waals surface area (Å²) in [6.07, 6.45) is 0.954. The lowest BCUT2D eigenvalue weighted by Gasteiger charge is -2.17. The molecule has 0 aliphatic rings. The zero-order chi connectivity index (χ0) is 13.8. The van der Waals surface area contributed by atoms with E-state index in [1.54, 1.807) is 11.3 Å². The van der Waals surface area contributed by atoms with Gasteiger partial charge in [0.05, 0.1) is 6.04 Å². The van der Waals surface area contributed by atoms with Crippen molar-refractivity contribution in [1.82, 2.24) is 5.32 Å². The molecule has 0 radical (unpaired) electrons. The largest absolute Gasteiger partial charge is 0.306 e. The van der Waals surface area contributed by atoms with E-state index in [0.717, 1.165) is 17.4 Å². The van der Waals surface area contributed by atoms with Gasteiger partial charge in [-0.15, -0.1) is 11.3 Å². The van der Waals surface area contributed by atoms with E-state index in [1.165, 1.54) is 17.0 Å². The van der Waals surface area contributed by atoms with Gasteiger partial charge in [-0.3, -0.25) is 0 Å². The van der Waals surface area contributed by atoms with Gasteiger partial charge in [0.15, 0.2) is 0 Å². The van der Waals surface area contributed by atoms with Crippen molar-refractivity contribution in [2.75, 3.05) is 6.54 Å². The summed E-state index contributed by atoms with van der Waals surface area (Å²) >= 11 is 1.64. The van der Waals surface area contributed by atoms with E-state index in [2.05, 4.69) is 12.2 Å². The minimum absolute atomic E-state index is 0.286. The molecule has 102 valence electrons. The van der Waals surface area contributed by atoms with Crippen molar-refractivity contribution in [3.8, 4) is 0 Å². The van der Waals surface area contributed by atoms with E-state index in [0.29, 0.717) is 12.1 Å².